The highest BCUT2D eigenvalue weighted by atomic mass is 19.1. The molecule has 9 nitrogen and oxygen atoms in total. The Hall–Kier alpha value is -4.73. The molecule has 0 amide bonds. The molecule has 5 aromatic rings. The molecule has 0 saturated heterocycles. The van der Waals surface area contributed by atoms with E-state index in [0.29, 0.717) is 44.9 Å². The average molecular weight is 474 g/mol. The number of methoxy groups -OCH3 is 2. The molecule has 0 aliphatic rings. The van der Waals surface area contributed by atoms with Crippen molar-refractivity contribution in [2.75, 3.05) is 14.2 Å². The molecule has 3 aromatic carbocycles. The number of aromatic nitrogens is 4. The van der Waals surface area contributed by atoms with Gasteiger partial charge in [0.1, 0.15) is 5.82 Å². The molecule has 0 aliphatic carbocycles. The first-order chi connectivity index (χ1) is 17.0. The molecule has 1 N–H and O–H groups in total. The van der Waals surface area contributed by atoms with Crippen LogP contribution in [0.25, 0.3) is 33.7 Å². The minimum absolute atomic E-state index is 0.0183. The Balaban J connectivity index is 1.49. The van der Waals surface area contributed by atoms with E-state index in [4.69, 9.17) is 14.0 Å². The van der Waals surface area contributed by atoms with E-state index in [1.165, 1.54) is 31.4 Å². The number of hydrogen-bond donors (Lipinski definition) is 1. The minimum Gasteiger partial charge on any atom is -0.493 e. The van der Waals surface area contributed by atoms with Crippen molar-refractivity contribution in [1.29, 1.82) is 0 Å². The maximum atomic E-state index is 13.2. The number of aromatic amines is 1. The molecular formula is C25H19FN4O5. The maximum Gasteiger partial charge on any atom is 0.329 e. The summed E-state index contributed by atoms with van der Waals surface area (Å²) in [6, 6.07) is 15.7. The van der Waals surface area contributed by atoms with E-state index in [0.717, 1.165) is 4.57 Å². The highest BCUT2D eigenvalue weighted by Gasteiger charge is 2.15. The fraction of sp³-hybridized carbons (Fsp3) is 0.120. The Morgan fingerprint density at radius 3 is 2.43 bits per heavy atom. The lowest BCUT2D eigenvalue weighted by atomic mass is 10.1. The zero-order chi connectivity index (χ0) is 24.5. The first-order valence-electron chi connectivity index (χ1n) is 10.5. The van der Waals surface area contributed by atoms with Gasteiger partial charge in [0.15, 0.2) is 11.5 Å². The van der Waals surface area contributed by atoms with Crippen LogP contribution in [0.5, 0.6) is 11.5 Å². The summed E-state index contributed by atoms with van der Waals surface area (Å²) in [7, 11) is 3.08. The lowest BCUT2D eigenvalue weighted by Gasteiger charge is -2.07. The molecule has 0 fully saturated rings. The first-order valence-corrected chi connectivity index (χ1v) is 10.5. The fourth-order valence-electron chi connectivity index (χ4n) is 3.74. The number of nitrogens with zero attached hydrogens (tertiary/aromatic N) is 3. The van der Waals surface area contributed by atoms with Gasteiger partial charge in [0.25, 0.3) is 11.4 Å². The Bertz CT molecular complexity index is 1650. The van der Waals surface area contributed by atoms with E-state index in [-0.39, 0.29) is 12.4 Å². The van der Waals surface area contributed by atoms with Crippen molar-refractivity contribution in [2.45, 2.75) is 6.54 Å². The molecular weight excluding hydrogens is 455 g/mol. The van der Waals surface area contributed by atoms with Gasteiger partial charge in [-0.05, 0) is 54.1 Å². The zero-order valence-electron chi connectivity index (χ0n) is 18.7. The Morgan fingerprint density at radius 2 is 1.69 bits per heavy atom. The van der Waals surface area contributed by atoms with Gasteiger partial charge in [-0.25, -0.2) is 9.18 Å². The van der Waals surface area contributed by atoms with Gasteiger partial charge in [-0.3, -0.25) is 9.36 Å². The summed E-state index contributed by atoms with van der Waals surface area (Å²) in [5.41, 5.74) is 1.11. The van der Waals surface area contributed by atoms with Gasteiger partial charge in [0.05, 0.1) is 31.7 Å². The van der Waals surface area contributed by atoms with Crippen LogP contribution >= 0.6 is 0 Å². The summed E-state index contributed by atoms with van der Waals surface area (Å²) in [4.78, 5) is 32.8. The fourth-order valence-corrected chi connectivity index (χ4v) is 3.74. The van der Waals surface area contributed by atoms with Gasteiger partial charge >= 0.3 is 5.69 Å². The lowest BCUT2D eigenvalue weighted by Crippen LogP contribution is -2.35. The second-order valence-corrected chi connectivity index (χ2v) is 7.70. The quantitative estimate of drug-likeness (QED) is 0.400. The minimum atomic E-state index is -0.583. The van der Waals surface area contributed by atoms with Crippen molar-refractivity contribution in [3.05, 3.63) is 92.9 Å². The van der Waals surface area contributed by atoms with Gasteiger partial charge in [-0.15, -0.1) is 0 Å². The second-order valence-electron chi connectivity index (χ2n) is 7.70. The molecule has 2 aromatic heterocycles. The Morgan fingerprint density at radius 1 is 0.943 bits per heavy atom. The molecule has 0 unspecified atom stereocenters. The maximum absolute atomic E-state index is 13.2. The monoisotopic (exact) mass is 474 g/mol. The van der Waals surface area contributed by atoms with Crippen molar-refractivity contribution in [2.24, 2.45) is 0 Å². The van der Waals surface area contributed by atoms with Gasteiger partial charge in [0.2, 0.25) is 5.82 Å². The van der Waals surface area contributed by atoms with Crippen LogP contribution in [-0.2, 0) is 6.54 Å². The van der Waals surface area contributed by atoms with Crippen molar-refractivity contribution in [3.63, 3.8) is 0 Å². The number of H-pyrrole nitrogens is 1. The predicted molar refractivity (Wildman–Crippen MR) is 126 cm³/mol. The molecule has 10 heteroatoms. The third kappa shape index (κ3) is 4.17. The number of benzene rings is 3. The van der Waals surface area contributed by atoms with Gasteiger partial charge in [-0.1, -0.05) is 17.3 Å². The molecule has 5 rings (SSSR count). The van der Waals surface area contributed by atoms with Crippen LogP contribution in [0.4, 0.5) is 4.39 Å². The summed E-state index contributed by atoms with van der Waals surface area (Å²) < 4.78 is 30.2. The molecule has 0 atom stereocenters. The molecule has 0 saturated carbocycles. The standard InChI is InChI=1S/C25H19FN4O5/c1-33-20-10-6-15(12-21(20)34-2)22-28-23(35-29-22)16-5-9-18-19(11-16)27-25(32)30(24(18)31)13-14-3-7-17(26)8-4-14/h3-12H,13H2,1-2H3,(H,27,32). The second kappa shape index (κ2) is 8.90. The lowest BCUT2D eigenvalue weighted by molar-refractivity contribution is 0.355. The third-order valence-corrected chi connectivity index (χ3v) is 5.55. The average Bonchev–Trinajstić information content (AvgIpc) is 3.37. The zero-order valence-corrected chi connectivity index (χ0v) is 18.7. The summed E-state index contributed by atoms with van der Waals surface area (Å²) in [6.45, 7) is 0.0183. The Labute approximate surface area is 197 Å². The van der Waals surface area contributed by atoms with Crippen molar-refractivity contribution < 1.29 is 18.4 Å². The SMILES string of the molecule is COc1ccc(-c2noc(-c3ccc4c(=O)n(Cc5ccc(F)cc5)c(=O)[nH]c4c3)n2)cc1OC. The third-order valence-electron chi connectivity index (χ3n) is 5.55. The van der Waals surface area contributed by atoms with E-state index in [1.807, 2.05) is 0 Å². The van der Waals surface area contributed by atoms with Crippen molar-refractivity contribution in [1.82, 2.24) is 19.7 Å². The largest absolute Gasteiger partial charge is 0.493 e. The van der Waals surface area contributed by atoms with Gasteiger partial charge < -0.3 is 19.0 Å². The molecule has 2 heterocycles. The molecule has 0 spiro atoms. The van der Waals surface area contributed by atoms with Crippen LogP contribution in [0.1, 0.15) is 5.56 Å². The number of nitrogens with one attached hydrogen (secondary N) is 1. The van der Waals surface area contributed by atoms with Crippen LogP contribution in [0, 0.1) is 5.82 Å². The van der Waals surface area contributed by atoms with E-state index in [9.17, 15) is 14.0 Å². The number of ether oxygens (including phenoxy) is 2. The molecule has 0 aliphatic heterocycles. The van der Waals surface area contributed by atoms with Gasteiger partial charge in [-0.2, -0.15) is 4.98 Å². The number of fused-ring (bicyclic) bond motifs is 1. The highest BCUT2D eigenvalue weighted by Crippen LogP contribution is 2.32. The predicted octanol–water partition coefficient (Wildman–Crippen LogP) is 3.61. The summed E-state index contributed by atoms with van der Waals surface area (Å²) in [6.07, 6.45) is 0. The van der Waals surface area contributed by atoms with Crippen molar-refractivity contribution in [3.8, 4) is 34.3 Å². The first kappa shape index (κ1) is 22.1. The summed E-state index contributed by atoms with van der Waals surface area (Å²) in [5.74, 6) is 1.26. The number of hydrogen-bond acceptors (Lipinski definition) is 7. The van der Waals surface area contributed by atoms with E-state index in [1.54, 1.807) is 43.5 Å². The van der Waals surface area contributed by atoms with Gasteiger partial charge in [0, 0.05) is 11.1 Å². The molecule has 0 radical (unpaired) electrons. The smallest absolute Gasteiger partial charge is 0.329 e. The highest BCUT2D eigenvalue weighted by molar-refractivity contribution is 5.82. The summed E-state index contributed by atoms with van der Waals surface area (Å²) in [5, 5.41) is 4.34. The number of rotatable bonds is 6. The van der Waals surface area contributed by atoms with Crippen molar-refractivity contribution >= 4 is 10.9 Å². The van der Waals surface area contributed by atoms with E-state index in [2.05, 4.69) is 15.1 Å². The van der Waals surface area contributed by atoms with E-state index < -0.39 is 17.1 Å². The van der Waals surface area contributed by atoms with Crippen LogP contribution in [0.15, 0.2) is 74.8 Å². The van der Waals surface area contributed by atoms with Crippen LogP contribution in [0.3, 0.4) is 0 Å². The van der Waals surface area contributed by atoms with E-state index >= 15 is 0 Å². The van der Waals surface area contributed by atoms with Crippen LogP contribution < -0.4 is 20.7 Å². The molecule has 176 valence electrons. The summed E-state index contributed by atoms with van der Waals surface area (Å²) >= 11 is 0. The van der Waals surface area contributed by atoms with Crippen LogP contribution in [0.2, 0.25) is 0 Å². The molecule has 35 heavy (non-hydrogen) atoms. The van der Waals surface area contributed by atoms with Crippen LogP contribution in [-0.4, -0.2) is 33.9 Å². The normalized spacial score (nSPS) is 11.1. The number of halogens is 1. The Kier molecular flexibility index (Phi) is 5.61. The topological polar surface area (TPSA) is 112 Å². The molecule has 0 bridgehead atoms.